The van der Waals surface area contributed by atoms with Gasteiger partial charge in [0.05, 0.1) is 62.2 Å². The van der Waals surface area contributed by atoms with Crippen LogP contribution in [0.4, 0.5) is 11.4 Å². The molecule has 4 unspecified atom stereocenters. The van der Waals surface area contributed by atoms with Crippen LogP contribution in [0.15, 0.2) is 97.4 Å². The van der Waals surface area contributed by atoms with Gasteiger partial charge < -0.3 is 18.8 Å². The lowest BCUT2D eigenvalue weighted by Gasteiger charge is -2.60. The van der Waals surface area contributed by atoms with E-state index in [2.05, 4.69) is 110 Å². The quantitative estimate of drug-likeness (QED) is 0.237. The minimum Gasteiger partial charge on any atom is -0.339 e. The molecule has 6 fully saturated rings. The molecule has 4 saturated heterocycles. The summed E-state index contributed by atoms with van der Waals surface area (Å²) < 4.78 is 2.54. The average molecular weight is 639 g/mol. The van der Waals surface area contributed by atoms with Gasteiger partial charge in [-0.25, -0.2) is 0 Å². The molecule has 7 heterocycles. The first-order valence-electron chi connectivity index (χ1n) is 19.6. The Morgan fingerprint density at radius 2 is 1.12 bits per heavy atom. The fourth-order valence-corrected chi connectivity index (χ4v) is 15.3. The molecule has 2 saturated carbocycles. The van der Waals surface area contributed by atoms with E-state index in [9.17, 15) is 0 Å². The van der Waals surface area contributed by atoms with E-state index in [1.54, 1.807) is 22.3 Å². The van der Waals surface area contributed by atoms with Crippen LogP contribution in [-0.2, 0) is 10.8 Å². The Morgan fingerprint density at radius 1 is 0.688 bits per heavy atom. The first-order valence-corrected chi connectivity index (χ1v) is 19.6. The number of benzene rings is 2. The topological polar surface area (TPSA) is 6.48 Å². The van der Waals surface area contributed by atoms with Crippen LogP contribution in [0.5, 0.6) is 0 Å². The maximum absolute atomic E-state index is 4.35. The van der Waals surface area contributed by atoms with Crippen LogP contribution in [0.2, 0.25) is 0 Å². The Labute approximate surface area is 288 Å². The summed E-state index contributed by atoms with van der Waals surface area (Å²) in [5.74, 6) is 2.74. The highest BCUT2D eigenvalue weighted by Crippen LogP contribution is 2.70. The summed E-state index contributed by atoms with van der Waals surface area (Å²) in [6.07, 6.45) is 18.0. The van der Waals surface area contributed by atoms with Gasteiger partial charge in [0.15, 0.2) is 0 Å². The number of nitrogens with zero attached hydrogens (tertiary/aromatic N) is 4. The van der Waals surface area contributed by atoms with E-state index in [0.29, 0.717) is 36.0 Å². The van der Waals surface area contributed by atoms with Crippen molar-refractivity contribution in [1.29, 1.82) is 0 Å². The zero-order valence-electron chi connectivity index (χ0n) is 29.2. The van der Waals surface area contributed by atoms with E-state index in [1.807, 2.05) is 0 Å². The molecule has 7 aliphatic heterocycles. The molecule has 4 bridgehead atoms. The van der Waals surface area contributed by atoms with Crippen LogP contribution in [0, 0.1) is 23.7 Å². The summed E-state index contributed by atoms with van der Waals surface area (Å²) in [4.78, 5) is 5.86. The van der Waals surface area contributed by atoms with E-state index < -0.39 is 0 Å². The van der Waals surface area contributed by atoms with Crippen molar-refractivity contribution in [2.24, 2.45) is 23.7 Å². The molecule has 0 radical (unpaired) electrons. The molecule has 2 aromatic carbocycles. The van der Waals surface area contributed by atoms with Gasteiger partial charge in [0.2, 0.25) is 0 Å². The Kier molecular flexibility index (Phi) is 5.61. The minimum absolute atomic E-state index is 0.165. The summed E-state index contributed by atoms with van der Waals surface area (Å²) in [6.45, 7) is 21.2. The van der Waals surface area contributed by atoms with E-state index in [1.165, 1.54) is 85.0 Å². The molecule has 0 amide bonds. The van der Waals surface area contributed by atoms with E-state index in [4.69, 9.17) is 0 Å². The summed E-state index contributed by atoms with van der Waals surface area (Å²) in [5, 5.41) is 0. The van der Waals surface area contributed by atoms with Crippen molar-refractivity contribution in [1.82, 2.24) is 0 Å². The highest BCUT2D eigenvalue weighted by molar-refractivity contribution is 5.76. The van der Waals surface area contributed by atoms with Gasteiger partial charge in [-0.1, -0.05) is 63.4 Å². The third-order valence-corrected chi connectivity index (χ3v) is 16.7. The van der Waals surface area contributed by atoms with Crippen molar-refractivity contribution in [3.8, 4) is 0 Å². The Hall–Kier alpha value is -3.08. The lowest BCUT2D eigenvalue weighted by molar-refractivity contribution is -0.946. The smallest absolute Gasteiger partial charge is 0.102 e. The van der Waals surface area contributed by atoms with E-state index in [-0.39, 0.29) is 10.8 Å². The van der Waals surface area contributed by atoms with Gasteiger partial charge in [0, 0.05) is 61.3 Å². The lowest BCUT2D eigenvalue weighted by Crippen LogP contribution is -2.70. The molecule has 0 aromatic heterocycles. The van der Waals surface area contributed by atoms with Crippen LogP contribution in [0.1, 0.15) is 63.5 Å². The fourth-order valence-electron chi connectivity index (χ4n) is 15.3. The van der Waals surface area contributed by atoms with Gasteiger partial charge in [-0.05, 0) is 71.2 Å². The number of hydrogen-bond donors (Lipinski definition) is 0. The zero-order valence-corrected chi connectivity index (χ0v) is 29.2. The zero-order chi connectivity index (χ0) is 32.2. The second-order valence-corrected chi connectivity index (χ2v) is 17.7. The van der Waals surface area contributed by atoms with Gasteiger partial charge in [0.25, 0.3) is 0 Å². The molecule has 12 atom stereocenters. The molecule has 2 spiro atoms. The molecule has 4 heteroatoms. The van der Waals surface area contributed by atoms with Crippen LogP contribution in [-0.4, -0.2) is 72.4 Å². The van der Waals surface area contributed by atoms with E-state index >= 15 is 0 Å². The predicted octanol–water partition coefficient (Wildman–Crippen LogP) is 7.69. The number of anilines is 2. The number of piperidine rings is 2. The number of quaternary nitrogens is 2. The molecular weight excluding hydrogens is 585 g/mol. The standard InChI is InChI=1S/C44H54N4/c1-5-19-47-21-17-43-35-13-9-11-15-37(35)45-26-34-32-24-40-44(18-22-48(40,20-6-2)28-30(32)8-4)36-14-10-12-16-38(36)46(42(34)44)25-33(41(43)45)31(23-39(43)47)29(7-3)27-47/h5-6,9-16,25-26,29-32,39-42H,1-2,7-8,17-24,27-28H2,3-4H3/q+2/b33-25-,34-26?/t29-,30-,31+,32?,39+,40?,41+,42+,43-,44-,47?,48?/m1/s1. The van der Waals surface area contributed by atoms with E-state index in [0.717, 1.165) is 24.9 Å². The first-order chi connectivity index (χ1) is 23.5. The Morgan fingerprint density at radius 3 is 1.54 bits per heavy atom. The van der Waals surface area contributed by atoms with Gasteiger partial charge in [-0.3, -0.25) is 0 Å². The maximum atomic E-state index is 4.35. The van der Waals surface area contributed by atoms with Crippen molar-refractivity contribution < 1.29 is 8.97 Å². The first kappa shape index (κ1) is 28.7. The SMILES string of the molecule is C=CC[N+]12CC[C@@]34c5ccccc5N5/C=C6/[C@H]7C[C@H]8[C@@]9(CC[N+]8(CC=C)C[C@H]7CC)c7ccccc7N(C=C(C(CC31)[C@H](CC)C2)[C@H]54)[C@@H]69. The van der Waals surface area contributed by atoms with Crippen molar-refractivity contribution in [3.63, 3.8) is 0 Å². The third kappa shape index (κ3) is 2.99. The average Bonchev–Trinajstić information content (AvgIpc) is 3.80. The summed E-state index contributed by atoms with van der Waals surface area (Å²) in [7, 11) is 0. The summed E-state index contributed by atoms with van der Waals surface area (Å²) >= 11 is 0. The highest BCUT2D eigenvalue weighted by Gasteiger charge is 2.75. The van der Waals surface area contributed by atoms with Crippen molar-refractivity contribution in [2.45, 2.75) is 87.4 Å². The minimum atomic E-state index is 0.165. The molecule has 48 heavy (non-hydrogen) atoms. The van der Waals surface area contributed by atoms with Crippen LogP contribution in [0.3, 0.4) is 0 Å². The Bertz CT molecular complexity index is 1690. The normalized spacial score (nSPS) is 47.1. The number of fused-ring (bicyclic) bond motifs is 8. The van der Waals surface area contributed by atoms with Gasteiger partial charge in [-0.2, -0.15) is 0 Å². The number of hydrogen-bond acceptors (Lipinski definition) is 2. The molecule has 0 N–H and O–H groups in total. The summed E-state index contributed by atoms with van der Waals surface area (Å²) in [6, 6.07) is 21.7. The Balaban J connectivity index is 1.21. The molecule has 9 aliphatic rings. The highest BCUT2D eigenvalue weighted by atomic mass is 15.4. The van der Waals surface area contributed by atoms with Gasteiger partial charge in [0.1, 0.15) is 12.1 Å². The molecule has 248 valence electrons. The van der Waals surface area contributed by atoms with Gasteiger partial charge in [-0.15, -0.1) is 0 Å². The van der Waals surface area contributed by atoms with Crippen molar-refractivity contribution in [3.05, 3.63) is 109 Å². The third-order valence-electron chi connectivity index (χ3n) is 16.7. The van der Waals surface area contributed by atoms with Crippen molar-refractivity contribution in [2.75, 3.05) is 49.1 Å². The number of para-hydroxylation sites is 2. The van der Waals surface area contributed by atoms with Crippen LogP contribution < -0.4 is 9.80 Å². The van der Waals surface area contributed by atoms with Crippen molar-refractivity contribution >= 4 is 11.4 Å². The van der Waals surface area contributed by atoms with Crippen LogP contribution in [0.25, 0.3) is 0 Å². The largest absolute Gasteiger partial charge is 0.339 e. The summed E-state index contributed by atoms with van der Waals surface area (Å²) in [5.41, 5.74) is 10.2. The molecular formula is C44H54N4+2. The van der Waals surface area contributed by atoms with Gasteiger partial charge >= 0.3 is 0 Å². The number of rotatable bonds is 6. The molecule has 2 aliphatic carbocycles. The lowest BCUT2D eigenvalue weighted by atomic mass is 9.54. The second kappa shape index (κ2) is 9.37. The van der Waals surface area contributed by atoms with Crippen LogP contribution >= 0.6 is 0 Å². The molecule has 2 aromatic rings. The predicted molar refractivity (Wildman–Crippen MR) is 196 cm³/mol. The molecule has 4 nitrogen and oxygen atoms in total. The fraction of sp³-hybridized carbons (Fsp3) is 0.545. The monoisotopic (exact) mass is 638 g/mol. The second-order valence-electron chi connectivity index (χ2n) is 17.7. The molecule has 11 rings (SSSR count). The maximum Gasteiger partial charge on any atom is 0.102 e.